The normalized spacial score (nSPS) is 17.6. The van der Waals surface area contributed by atoms with Crippen LogP contribution in [0.5, 0.6) is 5.75 Å². The minimum atomic E-state index is -0.517. The molecule has 0 amide bonds. The predicted octanol–water partition coefficient (Wildman–Crippen LogP) is 3.69. The number of anilines is 3. The zero-order chi connectivity index (χ0) is 23.0. The van der Waals surface area contributed by atoms with E-state index in [-0.39, 0.29) is 17.0 Å². The van der Waals surface area contributed by atoms with E-state index in [0.29, 0.717) is 17.8 Å². The van der Waals surface area contributed by atoms with E-state index in [4.69, 9.17) is 4.98 Å². The second-order valence-electron chi connectivity index (χ2n) is 8.43. The Morgan fingerprint density at radius 3 is 1.97 bits per heavy atom. The first-order valence-corrected chi connectivity index (χ1v) is 11.6. The summed E-state index contributed by atoms with van der Waals surface area (Å²) < 4.78 is 0. The van der Waals surface area contributed by atoms with Gasteiger partial charge in [0.05, 0.1) is 11.1 Å². The number of benzene rings is 1. The van der Waals surface area contributed by atoms with Crippen LogP contribution in [0.1, 0.15) is 56.9 Å². The Kier molecular flexibility index (Phi) is 7.48. The fraction of sp³-hybridized carbons (Fsp3) is 0.545. The van der Waals surface area contributed by atoms with Gasteiger partial charge in [0.15, 0.2) is 0 Å². The highest BCUT2D eigenvalue weighted by Gasteiger charge is 2.19. The van der Waals surface area contributed by atoms with Gasteiger partial charge in [-0.25, -0.2) is 5.43 Å². The van der Waals surface area contributed by atoms with Crippen molar-refractivity contribution in [1.82, 2.24) is 15.0 Å². The molecule has 4 rings (SSSR count). The number of phenols is 1. The highest BCUT2D eigenvalue weighted by atomic mass is 16.6. The van der Waals surface area contributed by atoms with Crippen LogP contribution in [0, 0.1) is 10.1 Å². The van der Waals surface area contributed by atoms with Crippen molar-refractivity contribution in [2.75, 3.05) is 41.4 Å². The summed E-state index contributed by atoms with van der Waals surface area (Å²) in [5, 5.41) is 25.1. The van der Waals surface area contributed by atoms with Gasteiger partial charge in [0.25, 0.3) is 5.69 Å². The Morgan fingerprint density at radius 1 is 0.909 bits per heavy atom. The molecule has 3 heterocycles. The number of phenolic OH excluding ortho intramolecular Hbond substituents is 1. The maximum absolute atomic E-state index is 11.0. The third-order valence-electron chi connectivity index (χ3n) is 5.98. The summed E-state index contributed by atoms with van der Waals surface area (Å²) in [7, 11) is 0. The van der Waals surface area contributed by atoms with E-state index < -0.39 is 4.92 Å². The van der Waals surface area contributed by atoms with Crippen LogP contribution in [0.4, 0.5) is 23.5 Å². The largest absolute Gasteiger partial charge is 0.507 e. The average molecular weight is 455 g/mol. The molecule has 0 atom stereocenters. The zero-order valence-electron chi connectivity index (χ0n) is 18.7. The highest BCUT2D eigenvalue weighted by Crippen LogP contribution is 2.23. The molecule has 33 heavy (non-hydrogen) atoms. The van der Waals surface area contributed by atoms with Crippen LogP contribution in [0.3, 0.4) is 0 Å². The number of non-ortho nitro benzene ring substituents is 1. The molecule has 11 heteroatoms. The van der Waals surface area contributed by atoms with E-state index in [1.165, 1.54) is 50.1 Å². The summed E-state index contributed by atoms with van der Waals surface area (Å²) in [5.74, 6) is 1.49. The summed E-state index contributed by atoms with van der Waals surface area (Å²) in [6.07, 6.45) is 10.6. The topological polar surface area (TPSA) is 133 Å². The van der Waals surface area contributed by atoms with Crippen molar-refractivity contribution in [1.29, 1.82) is 0 Å². The molecule has 0 saturated carbocycles. The van der Waals surface area contributed by atoms with Crippen LogP contribution in [-0.2, 0) is 0 Å². The molecule has 2 fully saturated rings. The van der Waals surface area contributed by atoms with Gasteiger partial charge in [0, 0.05) is 43.9 Å². The molecular weight excluding hydrogens is 424 g/mol. The molecule has 0 aliphatic carbocycles. The maximum Gasteiger partial charge on any atom is 0.270 e. The van der Waals surface area contributed by atoms with E-state index in [1.807, 2.05) is 0 Å². The van der Waals surface area contributed by atoms with E-state index in [1.54, 1.807) is 0 Å². The van der Waals surface area contributed by atoms with Gasteiger partial charge in [0.1, 0.15) is 5.75 Å². The van der Waals surface area contributed by atoms with Crippen LogP contribution in [0.15, 0.2) is 23.3 Å². The van der Waals surface area contributed by atoms with Gasteiger partial charge in [-0.15, -0.1) is 0 Å². The van der Waals surface area contributed by atoms with Gasteiger partial charge in [-0.1, -0.05) is 25.7 Å². The summed E-state index contributed by atoms with van der Waals surface area (Å²) in [4.78, 5) is 28.9. The lowest BCUT2D eigenvalue weighted by molar-refractivity contribution is -0.384. The molecule has 0 unspecified atom stereocenters. The number of hydrogen-bond donors (Lipinski definition) is 2. The van der Waals surface area contributed by atoms with Crippen molar-refractivity contribution in [2.45, 2.75) is 51.4 Å². The molecular formula is C22H30N8O3. The monoisotopic (exact) mass is 454 g/mol. The van der Waals surface area contributed by atoms with Crippen molar-refractivity contribution < 1.29 is 10.0 Å². The number of nitro groups is 1. The number of hydrogen-bond acceptors (Lipinski definition) is 10. The van der Waals surface area contributed by atoms with Crippen molar-refractivity contribution in [3.63, 3.8) is 0 Å². The number of rotatable bonds is 6. The maximum atomic E-state index is 11.0. The molecule has 0 spiro atoms. The fourth-order valence-corrected chi connectivity index (χ4v) is 4.15. The summed E-state index contributed by atoms with van der Waals surface area (Å²) in [5.41, 5.74) is 2.94. The molecule has 2 N–H and O–H groups in total. The SMILES string of the molecule is O=[N+]([O-])c1ccc(O)c(/C=N/Nc2nc(N3CCCCCC3)nc(N3CCCCCC3)n2)c1. The molecule has 0 bridgehead atoms. The Balaban J connectivity index is 1.58. The molecule has 11 nitrogen and oxygen atoms in total. The lowest BCUT2D eigenvalue weighted by Crippen LogP contribution is -2.30. The van der Waals surface area contributed by atoms with Crippen molar-refractivity contribution in [3.8, 4) is 5.75 Å². The van der Waals surface area contributed by atoms with Crippen molar-refractivity contribution in [2.24, 2.45) is 5.10 Å². The van der Waals surface area contributed by atoms with E-state index in [0.717, 1.165) is 51.9 Å². The Morgan fingerprint density at radius 2 is 1.45 bits per heavy atom. The molecule has 2 aliphatic rings. The zero-order valence-corrected chi connectivity index (χ0v) is 18.7. The smallest absolute Gasteiger partial charge is 0.270 e. The first-order valence-electron chi connectivity index (χ1n) is 11.6. The number of nitrogens with zero attached hydrogens (tertiary/aromatic N) is 7. The number of nitrogens with one attached hydrogen (secondary N) is 1. The van der Waals surface area contributed by atoms with Gasteiger partial charge in [-0.3, -0.25) is 10.1 Å². The second-order valence-corrected chi connectivity index (χ2v) is 8.43. The molecule has 2 aromatic rings. The summed E-state index contributed by atoms with van der Waals surface area (Å²) >= 11 is 0. The number of aromatic hydroxyl groups is 1. The fourth-order valence-electron chi connectivity index (χ4n) is 4.15. The highest BCUT2D eigenvalue weighted by molar-refractivity contribution is 5.84. The first kappa shape index (κ1) is 22.7. The molecule has 2 saturated heterocycles. The standard InChI is InChI=1S/C22H30N8O3/c31-19-10-9-18(30(32)33)15-17(19)16-23-27-20-24-21(28-11-5-1-2-6-12-28)26-22(25-20)29-13-7-3-4-8-14-29/h9-10,15-16,31H,1-8,11-14H2,(H,24,25,26,27)/b23-16+. The lowest BCUT2D eigenvalue weighted by atomic mass is 10.2. The second kappa shape index (κ2) is 10.9. The van der Waals surface area contributed by atoms with E-state index >= 15 is 0 Å². The molecule has 1 aromatic carbocycles. The van der Waals surface area contributed by atoms with Crippen LogP contribution < -0.4 is 15.2 Å². The van der Waals surface area contributed by atoms with Crippen molar-refractivity contribution in [3.05, 3.63) is 33.9 Å². The minimum Gasteiger partial charge on any atom is -0.507 e. The molecule has 1 aromatic heterocycles. The Bertz CT molecular complexity index is 945. The lowest BCUT2D eigenvalue weighted by Gasteiger charge is -2.24. The van der Waals surface area contributed by atoms with Crippen LogP contribution in [-0.4, -0.2) is 57.4 Å². The third-order valence-corrected chi connectivity index (χ3v) is 5.98. The predicted molar refractivity (Wildman–Crippen MR) is 127 cm³/mol. The summed E-state index contributed by atoms with van der Waals surface area (Å²) in [6, 6.07) is 3.78. The number of hydrazone groups is 1. The van der Waals surface area contributed by atoms with Crippen molar-refractivity contribution >= 4 is 29.7 Å². The number of aromatic nitrogens is 3. The van der Waals surface area contributed by atoms with Gasteiger partial charge >= 0.3 is 0 Å². The minimum absolute atomic E-state index is 0.0997. The summed E-state index contributed by atoms with van der Waals surface area (Å²) in [6.45, 7) is 3.64. The van der Waals surface area contributed by atoms with E-state index in [9.17, 15) is 15.2 Å². The van der Waals surface area contributed by atoms with Crippen LogP contribution in [0.2, 0.25) is 0 Å². The molecule has 176 valence electrons. The Labute approximate surface area is 192 Å². The van der Waals surface area contributed by atoms with Crippen LogP contribution >= 0.6 is 0 Å². The van der Waals surface area contributed by atoms with Gasteiger partial charge in [-0.2, -0.15) is 20.1 Å². The van der Waals surface area contributed by atoms with Gasteiger partial charge < -0.3 is 14.9 Å². The quantitative estimate of drug-likeness (QED) is 0.381. The van der Waals surface area contributed by atoms with Crippen LogP contribution in [0.25, 0.3) is 0 Å². The molecule has 2 aliphatic heterocycles. The number of nitro benzene ring substituents is 1. The first-order chi connectivity index (χ1) is 16.1. The third kappa shape index (κ3) is 6.05. The van der Waals surface area contributed by atoms with Gasteiger partial charge in [0.2, 0.25) is 17.8 Å². The van der Waals surface area contributed by atoms with Gasteiger partial charge in [-0.05, 0) is 31.7 Å². The average Bonchev–Trinajstić information content (AvgIpc) is 3.26. The molecule has 0 radical (unpaired) electrons. The van der Waals surface area contributed by atoms with E-state index in [2.05, 4.69) is 30.3 Å². The Hall–Kier alpha value is -3.50.